The third-order valence-corrected chi connectivity index (χ3v) is 3.75. The van der Waals surface area contributed by atoms with Crippen molar-refractivity contribution < 1.29 is 19.1 Å². The van der Waals surface area contributed by atoms with E-state index in [1.807, 2.05) is 38.1 Å². The van der Waals surface area contributed by atoms with Crippen LogP contribution < -0.4 is 10.1 Å². The van der Waals surface area contributed by atoms with E-state index in [2.05, 4.69) is 5.32 Å². The van der Waals surface area contributed by atoms with Crippen LogP contribution in [-0.4, -0.2) is 41.8 Å². The predicted octanol–water partition coefficient (Wildman–Crippen LogP) is 1.67. The van der Waals surface area contributed by atoms with Crippen LogP contribution in [0.15, 0.2) is 24.3 Å². The van der Waals surface area contributed by atoms with Gasteiger partial charge in [-0.25, -0.2) is 0 Å². The Kier molecular flexibility index (Phi) is 6.35. The highest BCUT2D eigenvalue weighted by Crippen LogP contribution is 2.14. The zero-order valence-corrected chi connectivity index (χ0v) is 14.2. The van der Waals surface area contributed by atoms with E-state index in [9.17, 15) is 14.4 Å². The summed E-state index contributed by atoms with van der Waals surface area (Å²) in [5.41, 5.74) is 1.11. The summed E-state index contributed by atoms with van der Waals surface area (Å²) < 4.78 is 5.58. The van der Waals surface area contributed by atoms with Gasteiger partial charge in [-0.15, -0.1) is 0 Å². The molecule has 130 valence electrons. The van der Waals surface area contributed by atoms with E-state index < -0.39 is 0 Å². The highest BCUT2D eigenvalue weighted by molar-refractivity contribution is 6.02. The number of carbonyl (C=O) groups is 3. The molecule has 2 rings (SSSR count). The maximum atomic E-state index is 11.8. The fourth-order valence-corrected chi connectivity index (χ4v) is 2.53. The van der Waals surface area contributed by atoms with E-state index in [1.54, 1.807) is 0 Å². The Morgan fingerprint density at radius 3 is 2.38 bits per heavy atom. The Morgan fingerprint density at radius 1 is 1.17 bits per heavy atom. The van der Waals surface area contributed by atoms with Gasteiger partial charge in [-0.1, -0.05) is 12.1 Å². The fraction of sp³-hybridized carbons (Fsp3) is 0.500. The molecule has 1 N–H and O–H groups in total. The third-order valence-electron chi connectivity index (χ3n) is 3.75. The standard InChI is InChI=1S/C18H24N2O4/c1-13(2)24-15-5-3-14(4-6-15)9-11-19-16(21)10-12-20-17(22)7-8-18(20)23/h3-6,13H,7-12H2,1-2H3,(H,19,21). The van der Waals surface area contributed by atoms with Crippen LogP contribution in [-0.2, 0) is 20.8 Å². The van der Waals surface area contributed by atoms with Gasteiger partial charge in [-0.05, 0) is 38.0 Å². The van der Waals surface area contributed by atoms with Crippen LogP contribution >= 0.6 is 0 Å². The summed E-state index contributed by atoms with van der Waals surface area (Å²) in [4.78, 5) is 35.9. The first-order valence-corrected chi connectivity index (χ1v) is 8.31. The lowest BCUT2D eigenvalue weighted by atomic mass is 10.1. The molecule has 24 heavy (non-hydrogen) atoms. The van der Waals surface area contributed by atoms with Crippen LogP contribution in [0.25, 0.3) is 0 Å². The molecular weight excluding hydrogens is 308 g/mol. The Labute approximate surface area is 142 Å². The molecule has 1 fully saturated rings. The van der Waals surface area contributed by atoms with E-state index in [-0.39, 0.29) is 49.6 Å². The van der Waals surface area contributed by atoms with Crippen LogP contribution in [0.2, 0.25) is 0 Å². The molecule has 0 spiro atoms. The Hall–Kier alpha value is -2.37. The van der Waals surface area contributed by atoms with Crippen LogP contribution in [0.1, 0.15) is 38.7 Å². The molecule has 1 aromatic rings. The van der Waals surface area contributed by atoms with Gasteiger partial charge < -0.3 is 10.1 Å². The van der Waals surface area contributed by atoms with Crippen molar-refractivity contribution in [3.8, 4) is 5.75 Å². The second-order valence-electron chi connectivity index (χ2n) is 6.10. The fourth-order valence-electron chi connectivity index (χ4n) is 2.53. The average molecular weight is 332 g/mol. The minimum Gasteiger partial charge on any atom is -0.491 e. The molecule has 0 radical (unpaired) electrons. The minimum atomic E-state index is -0.184. The molecule has 3 amide bonds. The minimum absolute atomic E-state index is 0.143. The first-order chi connectivity index (χ1) is 11.5. The number of hydrogen-bond acceptors (Lipinski definition) is 4. The molecule has 0 atom stereocenters. The van der Waals surface area contributed by atoms with Crippen LogP contribution in [0.5, 0.6) is 5.75 Å². The summed E-state index contributed by atoms with van der Waals surface area (Å²) in [6, 6.07) is 7.79. The molecule has 1 saturated heterocycles. The second kappa shape index (κ2) is 8.47. The molecule has 6 heteroatoms. The van der Waals surface area contributed by atoms with Crippen molar-refractivity contribution >= 4 is 17.7 Å². The van der Waals surface area contributed by atoms with Crippen LogP contribution in [0.3, 0.4) is 0 Å². The van der Waals surface area contributed by atoms with Gasteiger partial charge in [0, 0.05) is 32.4 Å². The van der Waals surface area contributed by atoms with Gasteiger partial charge in [-0.2, -0.15) is 0 Å². The van der Waals surface area contributed by atoms with Gasteiger partial charge in [0.25, 0.3) is 0 Å². The molecule has 1 aliphatic heterocycles. The summed E-state index contributed by atoms with van der Waals surface area (Å²) in [7, 11) is 0. The maximum Gasteiger partial charge on any atom is 0.229 e. The molecule has 0 unspecified atom stereocenters. The number of benzene rings is 1. The Bertz CT molecular complexity index is 580. The maximum absolute atomic E-state index is 11.8. The van der Waals surface area contributed by atoms with Crippen molar-refractivity contribution in [1.29, 1.82) is 0 Å². The molecule has 1 heterocycles. The van der Waals surface area contributed by atoms with E-state index in [0.717, 1.165) is 17.7 Å². The number of amides is 3. The molecule has 0 bridgehead atoms. The van der Waals surface area contributed by atoms with E-state index >= 15 is 0 Å². The lowest BCUT2D eigenvalue weighted by Crippen LogP contribution is -2.34. The predicted molar refractivity (Wildman–Crippen MR) is 89.5 cm³/mol. The lowest BCUT2D eigenvalue weighted by Gasteiger charge is -2.13. The van der Waals surface area contributed by atoms with Gasteiger partial charge >= 0.3 is 0 Å². The topological polar surface area (TPSA) is 75.7 Å². The quantitative estimate of drug-likeness (QED) is 0.735. The van der Waals surface area contributed by atoms with Gasteiger partial charge in [-0.3, -0.25) is 19.3 Å². The smallest absolute Gasteiger partial charge is 0.229 e. The first-order valence-electron chi connectivity index (χ1n) is 8.31. The first kappa shape index (κ1) is 18.0. The van der Waals surface area contributed by atoms with Crippen molar-refractivity contribution in [2.45, 2.75) is 45.6 Å². The molecule has 1 aliphatic rings. The number of likely N-dealkylation sites (tertiary alicyclic amines) is 1. The summed E-state index contributed by atoms with van der Waals surface area (Å²) in [6.07, 6.45) is 1.53. The van der Waals surface area contributed by atoms with Gasteiger partial charge in [0.2, 0.25) is 17.7 Å². The van der Waals surface area contributed by atoms with E-state index in [0.29, 0.717) is 6.54 Å². The summed E-state index contributed by atoms with van der Waals surface area (Å²) in [6.45, 7) is 4.65. The SMILES string of the molecule is CC(C)Oc1ccc(CCNC(=O)CCN2C(=O)CCC2=O)cc1. The number of nitrogens with one attached hydrogen (secondary N) is 1. The number of carbonyl (C=O) groups excluding carboxylic acids is 3. The number of hydrogen-bond donors (Lipinski definition) is 1. The van der Waals surface area contributed by atoms with Crippen LogP contribution in [0, 0.1) is 0 Å². The largest absolute Gasteiger partial charge is 0.491 e. The molecule has 0 aliphatic carbocycles. The van der Waals surface area contributed by atoms with Gasteiger partial charge in [0.1, 0.15) is 5.75 Å². The van der Waals surface area contributed by atoms with Crippen molar-refractivity contribution in [2.75, 3.05) is 13.1 Å². The highest BCUT2D eigenvalue weighted by Gasteiger charge is 2.28. The summed E-state index contributed by atoms with van der Waals surface area (Å²) in [5, 5.41) is 2.81. The van der Waals surface area contributed by atoms with Crippen molar-refractivity contribution in [1.82, 2.24) is 10.2 Å². The van der Waals surface area contributed by atoms with Crippen molar-refractivity contribution in [3.05, 3.63) is 29.8 Å². The Balaban J connectivity index is 1.67. The molecular formula is C18H24N2O4. The monoisotopic (exact) mass is 332 g/mol. The Morgan fingerprint density at radius 2 is 1.79 bits per heavy atom. The van der Waals surface area contributed by atoms with Gasteiger partial charge in [0.05, 0.1) is 6.10 Å². The average Bonchev–Trinajstić information content (AvgIpc) is 2.85. The van der Waals surface area contributed by atoms with Gasteiger partial charge in [0.15, 0.2) is 0 Å². The number of imide groups is 1. The number of ether oxygens (including phenoxy) is 1. The number of nitrogens with zero attached hydrogens (tertiary/aromatic N) is 1. The van der Waals surface area contributed by atoms with Crippen LogP contribution in [0.4, 0.5) is 0 Å². The normalized spacial score (nSPS) is 14.4. The zero-order valence-electron chi connectivity index (χ0n) is 14.2. The molecule has 6 nitrogen and oxygen atoms in total. The van der Waals surface area contributed by atoms with E-state index in [1.165, 1.54) is 4.90 Å². The highest BCUT2D eigenvalue weighted by atomic mass is 16.5. The lowest BCUT2D eigenvalue weighted by molar-refractivity contribution is -0.138. The molecule has 0 aromatic heterocycles. The number of rotatable bonds is 8. The summed E-state index contributed by atoms with van der Waals surface area (Å²) in [5.74, 6) is 0.313. The van der Waals surface area contributed by atoms with E-state index in [4.69, 9.17) is 4.74 Å². The molecule has 0 saturated carbocycles. The summed E-state index contributed by atoms with van der Waals surface area (Å²) >= 11 is 0. The van der Waals surface area contributed by atoms with Crippen molar-refractivity contribution in [2.24, 2.45) is 0 Å². The zero-order chi connectivity index (χ0) is 17.5. The molecule has 1 aromatic carbocycles. The van der Waals surface area contributed by atoms with Crippen molar-refractivity contribution in [3.63, 3.8) is 0 Å². The second-order valence-corrected chi connectivity index (χ2v) is 6.10. The third kappa shape index (κ3) is 5.37.